The lowest BCUT2D eigenvalue weighted by Crippen LogP contribution is -2.12. The molecule has 1 amide bonds. The minimum atomic E-state index is -0.338. The smallest absolute Gasteiger partial charge is 0.316 e. The van der Waals surface area contributed by atoms with E-state index >= 15 is 0 Å². The fourth-order valence-electron chi connectivity index (χ4n) is 2.03. The molecule has 0 bridgehead atoms. The monoisotopic (exact) mass is 381 g/mol. The maximum absolute atomic E-state index is 12.0. The number of aryl methyl sites for hydroxylation is 1. The molecule has 0 saturated heterocycles. The van der Waals surface area contributed by atoms with Crippen LogP contribution < -0.4 is 14.8 Å². The van der Waals surface area contributed by atoms with Crippen LogP contribution in [-0.4, -0.2) is 41.7 Å². The first-order chi connectivity index (χ1) is 12.1. The number of rotatable bonds is 7. The van der Waals surface area contributed by atoms with E-state index in [1.807, 2.05) is 18.2 Å². The molecule has 1 aromatic carbocycles. The van der Waals surface area contributed by atoms with E-state index in [-0.39, 0.29) is 24.4 Å². The van der Waals surface area contributed by atoms with Gasteiger partial charge in [-0.3, -0.25) is 9.59 Å². The third kappa shape index (κ3) is 4.83. The summed E-state index contributed by atoms with van der Waals surface area (Å²) in [4.78, 5) is 23.1. The highest BCUT2D eigenvalue weighted by molar-refractivity contribution is 8.01. The summed E-state index contributed by atoms with van der Waals surface area (Å²) in [6.45, 7) is 0.229. The molecule has 0 aliphatic carbocycles. The van der Waals surface area contributed by atoms with Gasteiger partial charge < -0.3 is 19.5 Å². The summed E-state index contributed by atoms with van der Waals surface area (Å²) in [6, 6.07) is 5.63. The van der Waals surface area contributed by atoms with Crippen LogP contribution in [0.4, 0.5) is 5.13 Å². The predicted molar refractivity (Wildman–Crippen MR) is 92.2 cm³/mol. The maximum Gasteiger partial charge on any atom is 0.316 e. The number of ether oxygens (including phenoxy) is 3. The summed E-state index contributed by atoms with van der Waals surface area (Å²) < 4.78 is 15.7. The number of hydrogen-bond donors (Lipinski definition) is 1. The molecule has 1 N–H and O–H groups in total. The van der Waals surface area contributed by atoms with Crippen LogP contribution >= 0.6 is 23.1 Å². The van der Waals surface area contributed by atoms with Crippen molar-refractivity contribution >= 4 is 40.1 Å². The van der Waals surface area contributed by atoms with Crippen molar-refractivity contribution in [3.63, 3.8) is 0 Å². The molecule has 0 saturated carbocycles. The third-order valence-corrected chi connectivity index (χ3v) is 5.22. The van der Waals surface area contributed by atoms with Gasteiger partial charge in [0.2, 0.25) is 17.8 Å². The van der Waals surface area contributed by atoms with Crippen molar-refractivity contribution in [2.24, 2.45) is 0 Å². The molecule has 1 aliphatic rings. The Bertz CT molecular complexity index is 780. The highest BCUT2D eigenvalue weighted by Gasteiger charge is 2.14. The third-order valence-electron chi connectivity index (χ3n) is 3.27. The van der Waals surface area contributed by atoms with Gasteiger partial charge in [0.05, 0.1) is 12.9 Å². The standard InChI is InChI=1S/C15H15N3O5S2/c1-21-13(20)7-24-15-18-17-14(25-15)16-12(19)5-3-9-2-4-10-11(6-9)23-8-22-10/h2,4,6H,3,5,7-8H2,1H3,(H,16,17,19). The Morgan fingerprint density at radius 3 is 3.00 bits per heavy atom. The minimum absolute atomic E-state index is 0.154. The van der Waals surface area contributed by atoms with E-state index in [4.69, 9.17) is 9.47 Å². The molecule has 10 heteroatoms. The number of methoxy groups -OCH3 is 1. The first kappa shape index (κ1) is 17.5. The van der Waals surface area contributed by atoms with Gasteiger partial charge in [-0.05, 0) is 24.1 Å². The SMILES string of the molecule is COC(=O)CSc1nnc(NC(=O)CCc2ccc3c(c2)OCO3)s1. The first-order valence-corrected chi connectivity index (χ1v) is 9.16. The molecule has 1 aromatic heterocycles. The average molecular weight is 381 g/mol. The minimum Gasteiger partial charge on any atom is -0.468 e. The van der Waals surface area contributed by atoms with E-state index < -0.39 is 0 Å². The molecule has 0 unspecified atom stereocenters. The molecule has 0 fully saturated rings. The number of thioether (sulfide) groups is 1. The molecule has 8 nitrogen and oxygen atoms in total. The zero-order valence-corrected chi connectivity index (χ0v) is 14.9. The van der Waals surface area contributed by atoms with Crippen molar-refractivity contribution in [3.05, 3.63) is 23.8 Å². The average Bonchev–Trinajstić information content (AvgIpc) is 3.26. The number of carbonyl (C=O) groups excluding carboxylic acids is 2. The van der Waals surface area contributed by atoms with E-state index in [1.165, 1.54) is 30.2 Å². The molecule has 0 radical (unpaired) electrons. The van der Waals surface area contributed by atoms with Gasteiger partial charge in [0.1, 0.15) is 0 Å². The molecule has 0 atom stereocenters. The van der Waals surface area contributed by atoms with Crippen LogP contribution in [0.5, 0.6) is 11.5 Å². The molecule has 25 heavy (non-hydrogen) atoms. The quantitative estimate of drug-likeness (QED) is 0.442. The Balaban J connectivity index is 1.46. The normalized spacial score (nSPS) is 12.0. The van der Waals surface area contributed by atoms with Crippen molar-refractivity contribution in [2.75, 3.05) is 25.0 Å². The van der Waals surface area contributed by atoms with Gasteiger partial charge >= 0.3 is 5.97 Å². The number of nitrogens with zero attached hydrogens (tertiary/aromatic N) is 2. The zero-order valence-electron chi connectivity index (χ0n) is 13.3. The number of carbonyl (C=O) groups is 2. The van der Waals surface area contributed by atoms with Crippen molar-refractivity contribution < 1.29 is 23.8 Å². The van der Waals surface area contributed by atoms with Crippen LogP contribution in [0.25, 0.3) is 0 Å². The second-order valence-electron chi connectivity index (χ2n) is 4.97. The van der Waals surface area contributed by atoms with Crippen LogP contribution in [0.1, 0.15) is 12.0 Å². The zero-order chi connectivity index (χ0) is 17.6. The summed E-state index contributed by atoms with van der Waals surface area (Å²) >= 11 is 2.43. The van der Waals surface area contributed by atoms with Crippen LogP contribution in [0.3, 0.4) is 0 Å². The Hall–Kier alpha value is -2.33. The summed E-state index contributed by atoms with van der Waals surface area (Å²) in [6.07, 6.45) is 0.884. The molecule has 132 valence electrons. The molecule has 1 aliphatic heterocycles. The fourth-order valence-corrected chi connectivity index (χ4v) is 3.63. The van der Waals surface area contributed by atoms with E-state index in [0.29, 0.717) is 28.1 Å². The van der Waals surface area contributed by atoms with Gasteiger partial charge in [-0.1, -0.05) is 29.2 Å². The van der Waals surface area contributed by atoms with Gasteiger partial charge in [-0.25, -0.2) is 0 Å². The van der Waals surface area contributed by atoms with Crippen molar-refractivity contribution in [2.45, 2.75) is 17.2 Å². The van der Waals surface area contributed by atoms with Gasteiger partial charge in [-0.15, -0.1) is 10.2 Å². The summed E-state index contributed by atoms with van der Waals surface area (Å²) in [5.41, 5.74) is 0.992. The van der Waals surface area contributed by atoms with Crippen molar-refractivity contribution in [1.29, 1.82) is 0 Å². The van der Waals surface area contributed by atoms with Crippen LogP contribution in [0, 0.1) is 0 Å². The molecule has 3 rings (SSSR count). The number of aromatic nitrogens is 2. The maximum atomic E-state index is 12.0. The molecular formula is C15H15N3O5S2. The molecule has 2 heterocycles. The van der Waals surface area contributed by atoms with Crippen LogP contribution in [0.15, 0.2) is 22.5 Å². The summed E-state index contributed by atoms with van der Waals surface area (Å²) in [7, 11) is 1.33. The van der Waals surface area contributed by atoms with Crippen LogP contribution in [-0.2, 0) is 20.7 Å². The highest BCUT2D eigenvalue weighted by Crippen LogP contribution is 2.32. The lowest BCUT2D eigenvalue weighted by atomic mass is 10.1. The number of nitrogens with one attached hydrogen (secondary N) is 1. The van der Waals surface area contributed by atoms with Crippen molar-refractivity contribution in [3.8, 4) is 11.5 Å². The number of fused-ring (bicyclic) bond motifs is 1. The number of esters is 1. The van der Waals surface area contributed by atoms with Gasteiger partial charge in [0.15, 0.2) is 15.8 Å². The number of hydrogen-bond acceptors (Lipinski definition) is 9. The van der Waals surface area contributed by atoms with E-state index in [9.17, 15) is 9.59 Å². The van der Waals surface area contributed by atoms with Gasteiger partial charge in [0, 0.05) is 6.42 Å². The number of benzene rings is 1. The molecule has 0 spiro atoms. The Kier molecular flexibility index (Phi) is 5.71. The second-order valence-corrected chi connectivity index (χ2v) is 7.17. The van der Waals surface area contributed by atoms with E-state index in [1.54, 1.807) is 0 Å². The van der Waals surface area contributed by atoms with Gasteiger partial charge in [0.25, 0.3) is 0 Å². The highest BCUT2D eigenvalue weighted by atomic mass is 32.2. The number of amides is 1. The molecular weight excluding hydrogens is 366 g/mol. The summed E-state index contributed by atoms with van der Waals surface area (Å²) in [5, 5.41) is 10.9. The largest absolute Gasteiger partial charge is 0.468 e. The fraction of sp³-hybridized carbons (Fsp3) is 0.333. The number of anilines is 1. The van der Waals surface area contributed by atoms with Crippen LogP contribution in [0.2, 0.25) is 0 Å². The van der Waals surface area contributed by atoms with Gasteiger partial charge in [-0.2, -0.15) is 0 Å². The lowest BCUT2D eigenvalue weighted by molar-refractivity contribution is -0.137. The first-order valence-electron chi connectivity index (χ1n) is 7.35. The Morgan fingerprint density at radius 2 is 2.16 bits per heavy atom. The molecule has 2 aromatic rings. The Labute approximate surface area is 151 Å². The Morgan fingerprint density at radius 1 is 1.32 bits per heavy atom. The lowest BCUT2D eigenvalue weighted by Gasteiger charge is -2.03. The summed E-state index contributed by atoms with van der Waals surface area (Å²) in [5.74, 6) is 1.09. The van der Waals surface area contributed by atoms with E-state index in [2.05, 4.69) is 20.3 Å². The van der Waals surface area contributed by atoms with E-state index in [0.717, 1.165) is 11.3 Å². The second kappa shape index (κ2) is 8.17. The topological polar surface area (TPSA) is 99.6 Å². The predicted octanol–water partition coefficient (Wildman–Crippen LogP) is 2.10. The van der Waals surface area contributed by atoms with Crippen molar-refractivity contribution in [1.82, 2.24) is 10.2 Å².